The molecule has 1 amide bonds. The smallest absolute Gasteiger partial charge is 0.266 e. The monoisotopic (exact) mass is 434 g/mol. The third-order valence-corrected chi connectivity index (χ3v) is 4.90. The van der Waals surface area contributed by atoms with Gasteiger partial charge in [-0.25, -0.2) is 0 Å². The number of hydrogen-bond acceptors (Lipinski definition) is 4. The van der Waals surface area contributed by atoms with Crippen molar-refractivity contribution >= 4 is 45.2 Å². The molecule has 0 aliphatic carbocycles. The minimum absolute atomic E-state index is 0.0402. The van der Waals surface area contributed by atoms with Crippen LogP contribution in [0.3, 0.4) is 0 Å². The third kappa shape index (κ3) is 4.57. The number of aryl methyl sites for hydroxylation is 1. The maximum atomic E-state index is 12.4. The van der Waals surface area contributed by atoms with E-state index in [0.29, 0.717) is 22.3 Å². The first-order chi connectivity index (χ1) is 12.4. The molecule has 0 bridgehead atoms. The number of carbonyl (C=O) groups excluding carboxylic acids is 1. The topological polar surface area (TPSA) is 82.3 Å². The molecule has 134 valence electrons. The first-order valence-corrected chi connectivity index (χ1v) is 8.88. The molecular formula is C19H16BrClN2O3. The minimum Gasteiger partial charge on any atom is -0.503 e. The highest BCUT2D eigenvalue weighted by Crippen LogP contribution is 2.42. The van der Waals surface area contributed by atoms with Crippen LogP contribution in [0.15, 0.2) is 40.4 Å². The normalized spacial score (nSPS) is 11.0. The van der Waals surface area contributed by atoms with Gasteiger partial charge >= 0.3 is 0 Å². The summed E-state index contributed by atoms with van der Waals surface area (Å²) >= 11 is 9.35. The largest absolute Gasteiger partial charge is 0.503 e. The molecule has 2 rings (SSSR count). The van der Waals surface area contributed by atoms with E-state index in [2.05, 4.69) is 21.2 Å². The highest BCUT2D eigenvalue weighted by atomic mass is 79.9. The van der Waals surface area contributed by atoms with Crippen LogP contribution in [0.1, 0.15) is 18.1 Å². The Morgan fingerprint density at radius 3 is 2.65 bits per heavy atom. The predicted octanol–water partition coefficient (Wildman–Crippen LogP) is 5.06. The van der Waals surface area contributed by atoms with Crippen molar-refractivity contribution in [1.29, 1.82) is 5.26 Å². The molecule has 0 aliphatic heterocycles. The number of hydrogen-bond donors (Lipinski definition) is 2. The van der Waals surface area contributed by atoms with E-state index in [-0.39, 0.29) is 22.1 Å². The van der Waals surface area contributed by atoms with Gasteiger partial charge in [0.2, 0.25) is 0 Å². The SMILES string of the molecule is CCOc1cc(/C=C(/C#N)C(=O)Nc2ccc(C)cc2)c(Br)c(Cl)c1O. The van der Waals surface area contributed by atoms with E-state index >= 15 is 0 Å². The van der Waals surface area contributed by atoms with E-state index in [1.165, 1.54) is 12.1 Å². The van der Waals surface area contributed by atoms with Gasteiger partial charge in [0, 0.05) is 10.2 Å². The van der Waals surface area contributed by atoms with Gasteiger partial charge in [0.15, 0.2) is 11.5 Å². The number of phenolic OH excluding ortho intramolecular Hbond substituents is 1. The van der Waals surface area contributed by atoms with Crippen molar-refractivity contribution < 1.29 is 14.6 Å². The second-order valence-corrected chi connectivity index (χ2v) is 6.53. The molecular weight excluding hydrogens is 420 g/mol. The summed E-state index contributed by atoms with van der Waals surface area (Å²) in [6.07, 6.45) is 1.38. The number of nitrogens with zero attached hydrogens (tertiary/aromatic N) is 1. The molecule has 2 aromatic carbocycles. The molecule has 2 aromatic rings. The Bertz CT molecular complexity index is 902. The average molecular weight is 436 g/mol. The Labute approximate surface area is 165 Å². The van der Waals surface area contributed by atoms with Crippen LogP contribution in [0.2, 0.25) is 5.02 Å². The molecule has 26 heavy (non-hydrogen) atoms. The van der Waals surface area contributed by atoms with Gasteiger partial charge in [-0.2, -0.15) is 5.26 Å². The van der Waals surface area contributed by atoms with E-state index in [0.717, 1.165) is 5.56 Å². The van der Waals surface area contributed by atoms with Gasteiger partial charge in [-0.1, -0.05) is 29.3 Å². The van der Waals surface area contributed by atoms with Crippen LogP contribution in [0.5, 0.6) is 11.5 Å². The maximum absolute atomic E-state index is 12.4. The van der Waals surface area contributed by atoms with Gasteiger partial charge in [-0.3, -0.25) is 4.79 Å². The number of benzene rings is 2. The number of ether oxygens (including phenoxy) is 1. The van der Waals surface area contributed by atoms with Crippen LogP contribution in [-0.4, -0.2) is 17.6 Å². The second kappa shape index (κ2) is 8.75. The lowest BCUT2D eigenvalue weighted by atomic mass is 10.1. The Morgan fingerprint density at radius 2 is 2.08 bits per heavy atom. The van der Waals surface area contributed by atoms with Crippen molar-refractivity contribution in [3.8, 4) is 17.6 Å². The molecule has 2 N–H and O–H groups in total. The lowest BCUT2D eigenvalue weighted by Crippen LogP contribution is -2.13. The van der Waals surface area contributed by atoms with Crippen LogP contribution < -0.4 is 10.1 Å². The van der Waals surface area contributed by atoms with Crippen LogP contribution in [0.25, 0.3) is 6.08 Å². The van der Waals surface area contributed by atoms with Crippen molar-refractivity contribution in [2.75, 3.05) is 11.9 Å². The summed E-state index contributed by atoms with van der Waals surface area (Å²) in [6.45, 7) is 4.03. The number of amides is 1. The zero-order valence-corrected chi connectivity index (χ0v) is 16.5. The fourth-order valence-corrected chi connectivity index (χ4v) is 2.74. The second-order valence-electron chi connectivity index (χ2n) is 5.36. The quantitative estimate of drug-likeness (QED) is 0.508. The highest BCUT2D eigenvalue weighted by molar-refractivity contribution is 9.10. The van der Waals surface area contributed by atoms with Crippen LogP contribution in [0, 0.1) is 18.3 Å². The molecule has 0 saturated heterocycles. The summed E-state index contributed by atoms with van der Waals surface area (Å²) in [4.78, 5) is 12.4. The zero-order chi connectivity index (χ0) is 19.3. The number of anilines is 1. The van der Waals surface area contributed by atoms with Crippen molar-refractivity contribution in [2.24, 2.45) is 0 Å². The molecule has 7 heteroatoms. The van der Waals surface area contributed by atoms with E-state index in [1.807, 2.05) is 25.1 Å². The Hall–Kier alpha value is -2.49. The molecule has 5 nitrogen and oxygen atoms in total. The lowest BCUT2D eigenvalue weighted by Gasteiger charge is -2.11. The fourth-order valence-electron chi connectivity index (χ4n) is 2.12. The van der Waals surface area contributed by atoms with Gasteiger partial charge < -0.3 is 15.2 Å². The highest BCUT2D eigenvalue weighted by Gasteiger charge is 2.17. The average Bonchev–Trinajstić information content (AvgIpc) is 2.63. The van der Waals surface area contributed by atoms with Crippen LogP contribution in [0.4, 0.5) is 5.69 Å². The number of rotatable bonds is 5. The summed E-state index contributed by atoms with van der Waals surface area (Å²) < 4.78 is 5.69. The Kier molecular flexibility index (Phi) is 6.67. The van der Waals surface area contributed by atoms with Gasteiger partial charge in [0.1, 0.15) is 16.7 Å². The van der Waals surface area contributed by atoms with Gasteiger partial charge in [-0.15, -0.1) is 0 Å². The number of aromatic hydroxyl groups is 1. The van der Waals surface area contributed by atoms with Crippen molar-refractivity contribution in [1.82, 2.24) is 0 Å². The van der Waals surface area contributed by atoms with Crippen LogP contribution in [-0.2, 0) is 4.79 Å². The lowest BCUT2D eigenvalue weighted by molar-refractivity contribution is -0.112. The van der Waals surface area contributed by atoms with Crippen molar-refractivity contribution in [3.63, 3.8) is 0 Å². The van der Waals surface area contributed by atoms with Crippen molar-refractivity contribution in [2.45, 2.75) is 13.8 Å². The Morgan fingerprint density at radius 1 is 1.42 bits per heavy atom. The predicted molar refractivity (Wildman–Crippen MR) is 105 cm³/mol. The molecule has 0 atom stereocenters. The molecule has 0 aromatic heterocycles. The summed E-state index contributed by atoms with van der Waals surface area (Å²) in [7, 11) is 0. The van der Waals surface area contributed by atoms with Gasteiger partial charge in [0.05, 0.1) is 6.61 Å². The third-order valence-electron chi connectivity index (χ3n) is 3.45. The number of phenols is 1. The zero-order valence-electron chi connectivity index (χ0n) is 14.1. The number of halogens is 2. The standard InChI is InChI=1S/C19H16BrClN2O3/c1-3-26-15-9-12(16(20)17(21)18(15)24)8-13(10-22)19(25)23-14-6-4-11(2)5-7-14/h4-9,24H,3H2,1-2H3,(H,23,25)/b13-8-. The number of carbonyl (C=O) groups is 1. The first kappa shape index (κ1) is 19.8. The molecule has 0 radical (unpaired) electrons. The summed E-state index contributed by atoms with van der Waals surface area (Å²) in [5.41, 5.74) is 1.96. The first-order valence-electron chi connectivity index (χ1n) is 7.71. The molecule has 0 saturated carbocycles. The van der Waals surface area contributed by atoms with E-state index < -0.39 is 5.91 Å². The van der Waals surface area contributed by atoms with Crippen LogP contribution >= 0.6 is 27.5 Å². The molecule has 0 unspecified atom stereocenters. The summed E-state index contributed by atoms with van der Waals surface area (Å²) in [5.74, 6) is -0.589. The van der Waals surface area contributed by atoms with E-state index in [9.17, 15) is 15.2 Å². The van der Waals surface area contributed by atoms with Gasteiger partial charge in [0.25, 0.3) is 5.91 Å². The van der Waals surface area contributed by atoms with E-state index in [1.54, 1.807) is 19.1 Å². The molecule has 0 aliphatic rings. The summed E-state index contributed by atoms with van der Waals surface area (Å²) in [6, 6.07) is 10.6. The number of nitrogens with one attached hydrogen (secondary N) is 1. The molecule has 0 fully saturated rings. The minimum atomic E-state index is -0.551. The fraction of sp³-hybridized carbons (Fsp3) is 0.158. The van der Waals surface area contributed by atoms with Gasteiger partial charge in [-0.05, 0) is 59.6 Å². The Balaban J connectivity index is 2.37. The van der Waals surface area contributed by atoms with Crippen molar-refractivity contribution in [3.05, 3.63) is 56.5 Å². The maximum Gasteiger partial charge on any atom is 0.266 e. The van der Waals surface area contributed by atoms with E-state index in [4.69, 9.17) is 16.3 Å². The number of nitriles is 1. The summed E-state index contributed by atoms with van der Waals surface area (Å²) in [5, 5.41) is 22.1. The molecule has 0 heterocycles. The molecule has 0 spiro atoms.